The van der Waals surface area contributed by atoms with Crippen molar-refractivity contribution >= 4 is 35.0 Å². The van der Waals surface area contributed by atoms with Gasteiger partial charge in [0, 0.05) is 5.30 Å². The minimum atomic E-state index is -1.49. The van der Waals surface area contributed by atoms with Crippen LogP contribution in [0.5, 0.6) is 0 Å². The van der Waals surface area contributed by atoms with Crippen molar-refractivity contribution in [3.05, 3.63) is 28.8 Å². The average molecular weight is 483 g/mol. The molecule has 0 N–H and O–H groups in total. The molecule has 0 aliphatic rings. The molecule has 0 heterocycles. The van der Waals surface area contributed by atoms with Gasteiger partial charge in [0.25, 0.3) is 0 Å². The van der Waals surface area contributed by atoms with Gasteiger partial charge in [-0.1, -0.05) is 126 Å². The van der Waals surface area contributed by atoms with E-state index in [9.17, 15) is 0 Å². The maximum atomic E-state index is 3.59. The number of rotatable bonds is 1. The Morgan fingerprint density at radius 2 is 0.969 bits per heavy atom. The van der Waals surface area contributed by atoms with Crippen molar-refractivity contribution in [3.63, 3.8) is 0 Å². The second-order valence-corrected chi connectivity index (χ2v) is 24.7. The van der Waals surface area contributed by atoms with Crippen LogP contribution in [0.4, 0.5) is 0 Å². The Kier molecular flexibility index (Phi) is 8.75. The third-order valence-corrected chi connectivity index (χ3v) is 7.83. The van der Waals surface area contributed by atoms with Crippen molar-refractivity contribution in [1.29, 1.82) is 0 Å². The van der Waals surface area contributed by atoms with Gasteiger partial charge in [0.15, 0.2) is 0 Å². The summed E-state index contributed by atoms with van der Waals surface area (Å²) >= 11 is 0. The SMILES string of the molecule is CC(C)(C)c1cc(C(C)(C)C)c(P=C(C#C[Si](C)(C)C)C#C[Si](C)(C)C)c(C(C)(C)C)c1. The molecule has 0 radical (unpaired) electrons. The molecule has 0 amide bonds. The van der Waals surface area contributed by atoms with Gasteiger partial charge >= 0.3 is 0 Å². The molecule has 0 unspecified atom stereocenters. The first-order valence-electron chi connectivity index (χ1n) is 11.9. The minimum absolute atomic E-state index is 0.0487. The fourth-order valence-corrected chi connectivity index (χ4v) is 5.72. The van der Waals surface area contributed by atoms with Crippen molar-refractivity contribution in [2.45, 2.75) is 118 Å². The van der Waals surface area contributed by atoms with E-state index in [-0.39, 0.29) is 16.2 Å². The Balaban J connectivity index is 4.12. The Labute approximate surface area is 204 Å². The summed E-state index contributed by atoms with van der Waals surface area (Å²) in [7, 11) is -1.82. The highest BCUT2D eigenvalue weighted by molar-refractivity contribution is 7.51. The highest BCUT2D eigenvalue weighted by atomic mass is 31.1. The molecule has 0 aliphatic carbocycles. The van der Waals surface area contributed by atoms with Crippen LogP contribution >= 0.6 is 8.20 Å². The topological polar surface area (TPSA) is 0 Å². The first kappa shape index (κ1) is 29.0. The normalized spacial score (nSPS) is 13.2. The molecule has 0 spiro atoms. The van der Waals surface area contributed by atoms with E-state index in [1.54, 1.807) is 0 Å². The molecule has 32 heavy (non-hydrogen) atoms. The summed E-state index contributed by atoms with van der Waals surface area (Å²) < 4.78 is 0. The van der Waals surface area contributed by atoms with E-state index in [0.717, 1.165) is 13.5 Å². The standard InChI is InChI=1S/C29H47PSi2/c1-27(2,3)22-20-24(28(4,5)6)26(25(21-22)29(7,8)9)30-23(16-18-31(10,11)12)17-19-32(13,14)15/h20-21H,1-15H3. The lowest BCUT2D eigenvalue weighted by atomic mass is 9.75. The molecule has 1 aromatic carbocycles. The summed E-state index contributed by atoms with van der Waals surface area (Å²) in [6.45, 7) is 34.8. The van der Waals surface area contributed by atoms with E-state index in [0.29, 0.717) is 0 Å². The first-order chi connectivity index (χ1) is 14.0. The fourth-order valence-electron chi connectivity index (χ4n) is 3.02. The molecule has 0 nitrogen and oxygen atoms in total. The molecular weight excluding hydrogens is 435 g/mol. The van der Waals surface area contributed by atoms with Gasteiger partial charge in [-0.25, -0.2) is 0 Å². The Hall–Kier alpha value is -1.06. The predicted molar refractivity (Wildman–Crippen MR) is 156 cm³/mol. The molecule has 1 rings (SSSR count). The van der Waals surface area contributed by atoms with Crippen molar-refractivity contribution in [1.82, 2.24) is 0 Å². The highest BCUT2D eigenvalue weighted by Crippen LogP contribution is 2.35. The van der Waals surface area contributed by atoms with E-state index < -0.39 is 16.1 Å². The summed E-state index contributed by atoms with van der Waals surface area (Å²) in [6, 6.07) is 4.90. The molecule has 3 heteroatoms. The van der Waals surface area contributed by atoms with Gasteiger partial charge in [-0.2, -0.15) is 0 Å². The molecule has 1 aromatic rings. The van der Waals surface area contributed by atoms with Crippen molar-refractivity contribution in [3.8, 4) is 22.9 Å². The quantitative estimate of drug-likeness (QED) is 0.215. The van der Waals surface area contributed by atoms with Crippen LogP contribution < -0.4 is 5.30 Å². The van der Waals surface area contributed by atoms with Crippen LogP contribution in [0.1, 0.15) is 79.0 Å². The number of hydrogen-bond acceptors (Lipinski definition) is 0. The van der Waals surface area contributed by atoms with Gasteiger partial charge in [-0.3, -0.25) is 0 Å². The van der Waals surface area contributed by atoms with Gasteiger partial charge < -0.3 is 0 Å². The largest absolute Gasteiger partial charge is 0.129 e. The van der Waals surface area contributed by atoms with E-state index >= 15 is 0 Å². The number of benzene rings is 1. The van der Waals surface area contributed by atoms with E-state index in [2.05, 4.69) is 137 Å². The van der Waals surface area contributed by atoms with Crippen LogP contribution in [0.25, 0.3) is 0 Å². The fraction of sp³-hybridized carbons (Fsp3) is 0.621. The van der Waals surface area contributed by atoms with Gasteiger partial charge in [-0.15, -0.1) is 11.1 Å². The Morgan fingerprint density at radius 3 is 1.22 bits per heavy atom. The van der Waals surface area contributed by atoms with Crippen LogP contribution in [0.2, 0.25) is 39.3 Å². The molecular formula is C29H47PSi2. The van der Waals surface area contributed by atoms with Gasteiger partial charge in [0.05, 0.1) is 0 Å². The summed E-state index contributed by atoms with van der Waals surface area (Å²) in [5.41, 5.74) is 11.7. The third-order valence-electron chi connectivity index (χ3n) is 4.93. The summed E-state index contributed by atoms with van der Waals surface area (Å²) in [4.78, 5) is 0. The van der Waals surface area contributed by atoms with Gasteiger partial charge in [0.2, 0.25) is 0 Å². The van der Waals surface area contributed by atoms with Crippen molar-refractivity contribution in [2.24, 2.45) is 0 Å². The smallest absolute Gasteiger partial charge is 0.126 e. The molecule has 0 aromatic heterocycles. The molecule has 0 atom stereocenters. The summed E-state index contributed by atoms with van der Waals surface area (Å²) in [5, 5.41) is 2.47. The van der Waals surface area contributed by atoms with Crippen LogP contribution in [0.3, 0.4) is 0 Å². The van der Waals surface area contributed by atoms with Crippen molar-refractivity contribution in [2.75, 3.05) is 0 Å². The Morgan fingerprint density at radius 1 is 0.625 bits per heavy atom. The lowest BCUT2D eigenvalue weighted by Gasteiger charge is -2.32. The second-order valence-electron chi connectivity index (χ2n) is 14.1. The summed E-state index contributed by atoms with van der Waals surface area (Å²) in [6.07, 6.45) is 0. The zero-order valence-corrected chi connectivity index (χ0v) is 26.5. The van der Waals surface area contributed by atoms with Crippen LogP contribution in [0, 0.1) is 22.9 Å². The average Bonchev–Trinajstić information content (AvgIpc) is 2.52. The van der Waals surface area contributed by atoms with E-state index in [1.807, 2.05) is 0 Å². The zero-order chi connectivity index (χ0) is 25.3. The van der Waals surface area contributed by atoms with Crippen LogP contribution in [0.15, 0.2) is 12.1 Å². The van der Waals surface area contributed by atoms with E-state index in [1.165, 1.54) is 22.0 Å². The maximum absolute atomic E-state index is 3.59. The van der Waals surface area contributed by atoms with Gasteiger partial charge in [-0.05, 0) is 41.1 Å². The Bertz CT molecular complexity index is 916. The first-order valence-corrected chi connectivity index (χ1v) is 19.7. The van der Waals surface area contributed by atoms with Gasteiger partial charge in [0.1, 0.15) is 21.4 Å². The molecule has 0 fully saturated rings. The third kappa shape index (κ3) is 9.43. The lowest BCUT2D eigenvalue weighted by molar-refractivity contribution is 0.554. The molecule has 176 valence electrons. The monoisotopic (exact) mass is 482 g/mol. The van der Waals surface area contributed by atoms with Crippen molar-refractivity contribution < 1.29 is 0 Å². The molecule has 0 aliphatic heterocycles. The molecule has 0 saturated heterocycles. The maximum Gasteiger partial charge on any atom is 0.129 e. The molecule has 0 bridgehead atoms. The van der Waals surface area contributed by atoms with Crippen LogP contribution in [-0.2, 0) is 16.2 Å². The summed E-state index contributed by atoms with van der Waals surface area (Å²) in [5.74, 6) is 7.10. The van der Waals surface area contributed by atoms with Crippen LogP contribution in [-0.4, -0.2) is 21.4 Å². The minimum Gasteiger partial charge on any atom is -0.126 e. The van der Waals surface area contributed by atoms with E-state index in [4.69, 9.17) is 0 Å². The predicted octanol–water partition coefficient (Wildman–Crippen LogP) is 8.08. The highest BCUT2D eigenvalue weighted by Gasteiger charge is 2.28. The second kappa shape index (κ2) is 9.67. The molecule has 0 saturated carbocycles. The number of hydrogen-bond donors (Lipinski definition) is 0. The zero-order valence-electron chi connectivity index (χ0n) is 23.6. The lowest BCUT2D eigenvalue weighted by Crippen LogP contribution is -2.30.